The van der Waals surface area contributed by atoms with E-state index in [0.717, 1.165) is 5.56 Å². The van der Waals surface area contributed by atoms with Crippen LogP contribution in [0.5, 0.6) is 17.2 Å². The van der Waals surface area contributed by atoms with Crippen molar-refractivity contribution in [3.63, 3.8) is 0 Å². The number of benzene rings is 1. The summed E-state index contributed by atoms with van der Waals surface area (Å²) in [5.41, 5.74) is 0.962. The molecule has 1 aromatic rings. The van der Waals surface area contributed by atoms with E-state index in [9.17, 15) is 4.79 Å². The van der Waals surface area contributed by atoms with Crippen molar-refractivity contribution >= 4 is 24.8 Å². The van der Waals surface area contributed by atoms with Gasteiger partial charge in [0.15, 0.2) is 11.5 Å². The van der Waals surface area contributed by atoms with Gasteiger partial charge in [-0.15, -0.1) is 0 Å². The number of hydrogen-bond acceptors (Lipinski definition) is 4. The van der Waals surface area contributed by atoms with Crippen LogP contribution in [0.2, 0.25) is 0 Å². The molecule has 0 bridgehead atoms. The summed E-state index contributed by atoms with van der Waals surface area (Å²) in [5.74, 6) is 1.79. The Kier molecular flexibility index (Phi) is 8.13. The van der Waals surface area contributed by atoms with Crippen LogP contribution in [0.3, 0.4) is 0 Å². The molecular weight excluding hydrogens is 241 g/mol. The van der Waals surface area contributed by atoms with E-state index in [2.05, 4.69) is 5.32 Å². The van der Waals surface area contributed by atoms with E-state index in [4.69, 9.17) is 14.2 Å². The SMILES string of the molecule is COc1ccc(CCNC(C)=O)c(OC)c1OC.[Li]. The summed E-state index contributed by atoms with van der Waals surface area (Å²) in [6.45, 7) is 2.05. The molecule has 0 atom stereocenters. The minimum Gasteiger partial charge on any atom is -0.493 e. The molecule has 0 heterocycles. The maximum absolute atomic E-state index is 10.8. The molecule has 0 aliphatic carbocycles. The Balaban J connectivity index is 0.00000324. The smallest absolute Gasteiger partial charge is 0.216 e. The zero-order chi connectivity index (χ0) is 13.5. The molecule has 0 fully saturated rings. The van der Waals surface area contributed by atoms with Gasteiger partial charge in [0.2, 0.25) is 11.7 Å². The van der Waals surface area contributed by atoms with Crippen molar-refractivity contribution in [1.29, 1.82) is 0 Å². The van der Waals surface area contributed by atoms with Crippen molar-refractivity contribution in [1.82, 2.24) is 5.32 Å². The number of hydrogen-bond donors (Lipinski definition) is 1. The van der Waals surface area contributed by atoms with Crippen LogP contribution in [0.25, 0.3) is 0 Å². The molecule has 0 spiro atoms. The molecule has 101 valence electrons. The van der Waals surface area contributed by atoms with Crippen LogP contribution in [-0.4, -0.2) is 52.6 Å². The van der Waals surface area contributed by atoms with Crippen molar-refractivity contribution < 1.29 is 19.0 Å². The van der Waals surface area contributed by atoms with Crippen molar-refractivity contribution in [2.45, 2.75) is 13.3 Å². The van der Waals surface area contributed by atoms with Gasteiger partial charge >= 0.3 is 0 Å². The summed E-state index contributed by atoms with van der Waals surface area (Å²) in [4.78, 5) is 10.8. The van der Waals surface area contributed by atoms with Crippen molar-refractivity contribution in [2.24, 2.45) is 0 Å². The van der Waals surface area contributed by atoms with Crippen molar-refractivity contribution in [3.8, 4) is 17.2 Å². The second kappa shape index (κ2) is 8.73. The summed E-state index contributed by atoms with van der Waals surface area (Å²) in [7, 11) is 4.73. The summed E-state index contributed by atoms with van der Waals surface area (Å²) < 4.78 is 15.8. The van der Waals surface area contributed by atoms with Gasteiger partial charge in [-0.1, -0.05) is 6.07 Å². The number of carbonyl (C=O) groups excluding carboxylic acids is 1. The molecule has 1 amide bonds. The van der Waals surface area contributed by atoms with Gasteiger partial charge in [0.25, 0.3) is 0 Å². The average molecular weight is 260 g/mol. The fourth-order valence-corrected chi connectivity index (χ4v) is 1.73. The van der Waals surface area contributed by atoms with Crippen molar-refractivity contribution in [3.05, 3.63) is 17.7 Å². The fraction of sp³-hybridized carbons (Fsp3) is 0.462. The van der Waals surface area contributed by atoms with E-state index in [1.165, 1.54) is 6.92 Å². The Morgan fingerprint density at radius 3 is 2.21 bits per heavy atom. The van der Waals surface area contributed by atoms with Crippen LogP contribution in [0.4, 0.5) is 0 Å². The topological polar surface area (TPSA) is 56.8 Å². The number of carbonyl (C=O) groups is 1. The van der Waals surface area contributed by atoms with Crippen LogP contribution >= 0.6 is 0 Å². The summed E-state index contributed by atoms with van der Waals surface area (Å²) >= 11 is 0. The Labute approximate surface area is 125 Å². The molecular formula is C13H19LiNO4. The summed E-state index contributed by atoms with van der Waals surface area (Å²) in [6.07, 6.45) is 0.670. The zero-order valence-corrected chi connectivity index (χ0v) is 12.2. The molecule has 0 aliphatic heterocycles. The first-order valence-electron chi connectivity index (χ1n) is 5.66. The van der Waals surface area contributed by atoms with Crippen LogP contribution in [0.1, 0.15) is 12.5 Å². The third-order valence-electron chi connectivity index (χ3n) is 2.55. The molecule has 1 rings (SSSR count). The molecule has 0 saturated heterocycles. The minimum absolute atomic E-state index is 0. The number of nitrogens with one attached hydrogen (secondary N) is 1. The van der Waals surface area contributed by atoms with Crippen LogP contribution in [0, 0.1) is 0 Å². The third kappa shape index (κ3) is 4.70. The number of ether oxygens (including phenoxy) is 3. The maximum atomic E-state index is 10.8. The van der Waals surface area contributed by atoms with E-state index in [-0.39, 0.29) is 24.8 Å². The Morgan fingerprint density at radius 1 is 1.11 bits per heavy atom. The van der Waals surface area contributed by atoms with Crippen LogP contribution in [-0.2, 0) is 11.2 Å². The third-order valence-corrected chi connectivity index (χ3v) is 2.55. The van der Waals surface area contributed by atoms with E-state index in [1.807, 2.05) is 12.1 Å². The standard InChI is InChI=1S/C13H19NO4.Li/c1-9(15)14-8-7-10-5-6-11(16-2)13(18-4)12(10)17-3;/h5-6H,7-8H2,1-4H3,(H,14,15);. The normalized spacial score (nSPS) is 9.26. The molecule has 0 unspecified atom stereocenters. The fourth-order valence-electron chi connectivity index (χ4n) is 1.73. The number of methoxy groups -OCH3 is 3. The largest absolute Gasteiger partial charge is 0.493 e. The second-order valence-electron chi connectivity index (χ2n) is 3.73. The number of amides is 1. The molecule has 0 saturated carbocycles. The van der Waals surface area contributed by atoms with Crippen LogP contribution in [0.15, 0.2) is 12.1 Å². The Morgan fingerprint density at radius 2 is 1.74 bits per heavy atom. The maximum Gasteiger partial charge on any atom is 0.216 e. The van der Waals surface area contributed by atoms with E-state index in [1.54, 1.807) is 21.3 Å². The Hall–Kier alpha value is -1.31. The summed E-state index contributed by atoms with van der Waals surface area (Å²) in [6, 6.07) is 3.73. The van der Waals surface area contributed by atoms with Gasteiger partial charge in [0, 0.05) is 37.9 Å². The monoisotopic (exact) mass is 260 g/mol. The van der Waals surface area contributed by atoms with Gasteiger partial charge in [0.05, 0.1) is 21.3 Å². The first-order chi connectivity index (χ1) is 8.63. The molecule has 1 aromatic carbocycles. The molecule has 6 heteroatoms. The average Bonchev–Trinajstić information content (AvgIpc) is 2.37. The molecule has 0 aromatic heterocycles. The molecule has 0 aliphatic rings. The van der Waals surface area contributed by atoms with E-state index in [0.29, 0.717) is 30.2 Å². The molecule has 5 nitrogen and oxygen atoms in total. The Bertz CT molecular complexity index is 423. The first-order valence-corrected chi connectivity index (χ1v) is 5.66. The van der Waals surface area contributed by atoms with Gasteiger partial charge in [0.1, 0.15) is 0 Å². The quantitative estimate of drug-likeness (QED) is 0.776. The van der Waals surface area contributed by atoms with E-state index < -0.39 is 0 Å². The second-order valence-corrected chi connectivity index (χ2v) is 3.73. The molecule has 19 heavy (non-hydrogen) atoms. The summed E-state index contributed by atoms with van der Waals surface area (Å²) in [5, 5.41) is 2.74. The predicted octanol–water partition coefficient (Wildman–Crippen LogP) is 1.01. The van der Waals surface area contributed by atoms with Gasteiger partial charge in [-0.2, -0.15) is 0 Å². The minimum atomic E-state index is -0.0468. The van der Waals surface area contributed by atoms with Gasteiger partial charge < -0.3 is 19.5 Å². The van der Waals surface area contributed by atoms with Crippen LogP contribution < -0.4 is 19.5 Å². The molecule has 1 radical (unpaired) electrons. The zero-order valence-electron chi connectivity index (χ0n) is 12.2. The predicted molar refractivity (Wildman–Crippen MR) is 74.2 cm³/mol. The molecule has 1 N–H and O–H groups in total. The van der Waals surface area contributed by atoms with Crippen molar-refractivity contribution in [2.75, 3.05) is 27.9 Å². The first kappa shape index (κ1) is 17.7. The number of rotatable bonds is 6. The van der Waals surface area contributed by atoms with Gasteiger partial charge in [-0.05, 0) is 12.5 Å². The van der Waals surface area contributed by atoms with E-state index >= 15 is 0 Å². The van der Waals surface area contributed by atoms with Gasteiger partial charge in [-0.25, -0.2) is 0 Å². The van der Waals surface area contributed by atoms with Gasteiger partial charge in [-0.3, -0.25) is 4.79 Å².